The molecule has 0 saturated heterocycles. The third-order valence-corrected chi connectivity index (χ3v) is 4.53. The summed E-state index contributed by atoms with van der Waals surface area (Å²) >= 11 is 0. The fourth-order valence-electron chi connectivity index (χ4n) is 3.07. The molecule has 1 unspecified atom stereocenters. The van der Waals surface area contributed by atoms with Gasteiger partial charge in [-0.1, -0.05) is 24.3 Å². The molecule has 1 heterocycles. The lowest BCUT2D eigenvalue weighted by Gasteiger charge is -2.31. The van der Waals surface area contributed by atoms with E-state index in [0.717, 1.165) is 32.2 Å². The van der Waals surface area contributed by atoms with Gasteiger partial charge in [0, 0.05) is 13.1 Å². The summed E-state index contributed by atoms with van der Waals surface area (Å²) in [4.78, 5) is 14.6. The number of carbonyl (C=O) groups is 1. The fourth-order valence-corrected chi connectivity index (χ4v) is 3.07. The van der Waals surface area contributed by atoms with E-state index >= 15 is 0 Å². The smallest absolute Gasteiger partial charge is 0.242 e. The first-order valence-corrected chi connectivity index (χ1v) is 7.24. The number of carbonyl (C=O) groups excluding carboxylic acids is 1. The zero-order chi connectivity index (χ0) is 13.5. The van der Waals surface area contributed by atoms with Crippen molar-refractivity contribution < 1.29 is 4.79 Å². The largest absolute Gasteiger partial charge is 0.337 e. The average molecular weight is 258 g/mol. The fraction of sp³-hybridized carbons (Fsp3) is 0.562. The van der Waals surface area contributed by atoms with Crippen molar-refractivity contribution in [3.05, 3.63) is 35.4 Å². The van der Waals surface area contributed by atoms with Crippen molar-refractivity contribution in [1.29, 1.82) is 0 Å². The minimum absolute atomic E-state index is 0.131. The van der Waals surface area contributed by atoms with Crippen LogP contribution >= 0.6 is 0 Å². The summed E-state index contributed by atoms with van der Waals surface area (Å²) in [6, 6.07) is 8.43. The Labute approximate surface area is 114 Å². The highest BCUT2D eigenvalue weighted by molar-refractivity contribution is 5.86. The minimum Gasteiger partial charge on any atom is -0.337 e. The standard InChI is InChI=1S/C16H22N2O/c1-16(17,14-8-9-14)15(19)18-10-4-7-12-5-2-3-6-13(12)11-18/h2-3,5-6,14H,4,7-11,17H2,1H3. The van der Waals surface area contributed by atoms with Crippen molar-refractivity contribution in [3.63, 3.8) is 0 Å². The molecule has 1 aromatic carbocycles. The normalized spacial score (nSPS) is 22.3. The monoisotopic (exact) mass is 258 g/mol. The molecule has 1 saturated carbocycles. The van der Waals surface area contributed by atoms with Gasteiger partial charge in [-0.3, -0.25) is 4.79 Å². The van der Waals surface area contributed by atoms with Crippen LogP contribution in [0.4, 0.5) is 0 Å². The lowest BCUT2D eigenvalue weighted by atomic mass is 9.95. The zero-order valence-corrected chi connectivity index (χ0v) is 11.6. The summed E-state index contributed by atoms with van der Waals surface area (Å²) in [7, 11) is 0. The van der Waals surface area contributed by atoms with Crippen molar-refractivity contribution in [3.8, 4) is 0 Å². The number of rotatable bonds is 2. The molecule has 0 spiro atoms. The van der Waals surface area contributed by atoms with Crippen LogP contribution < -0.4 is 5.73 Å². The van der Waals surface area contributed by atoms with Crippen LogP contribution in [0.15, 0.2) is 24.3 Å². The lowest BCUT2D eigenvalue weighted by molar-refractivity contribution is -0.137. The predicted octanol–water partition coefficient (Wildman–Crippen LogP) is 2.09. The number of nitrogens with two attached hydrogens (primary N) is 1. The van der Waals surface area contributed by atoms with Crippen molar-refractivity contribution in [1.82, 2.24) is 4.90 Å². The van der Waals surface area contributed by atoms with Gasteiger partial charge >= 0.3 is 0 Å². The molecule has 0 radical (unpaired) electrons. The third-order valence-electron chi connectivity index (χ3n) is 4.53. The summed E-state index contributed by atoms with van der Waals surface area (Å²) in [5, 5.41) is 0. The van der Waals surface area contributed by atoms with Crippen LogP contribution in [0.25, 0.3) is 0 Å². The van der Waals surface area contributed by atoms with Crippen molar-refractivity contribution in [2.45, 2.75) is 44.7 Å². The van der Waals surface area contributed by atoms with E-state index in [-0.39, 0.29) is 5.91 Å². The SMILES string of the molecule is CC(N)(C(=O)N1CCCc2ccccc2C1)C1CC1. The first-order chi connectivity index (χ1) is 9.09. The van der Waals surface area contributed by atoms with Gasteiger partial charge in [0.1, 0.15) is 0 Å². The van der Waals surface area contributed by atoms with Gasteiger partial charge in [-0.05, 0) is 49.7 Å². The molecule has 102 valence electrons. The molecule has 1 fully saturated rings. The van der Waals surface area contributed by atoms with E-state index in [4.69, 9.17) is 5.73 Å². The highest BCUT2D eigenvalue weighted by Gasteiger charge is 2.46. The number of fused-ring (bicyclic) bond motifs is 1. The molecule has 3 nitrogen and oxygen atoms in total. The van der Waals surface area contributed by atoms with Gasteiger partial charge in [0.05, 0.1) is 5.54 Å². The number of aryl methyl sites for hydroxylation is 1. The van der Waals surface area contributed by atoms with E-state index in [9.17, 15) is 4.79 Å². The minimum atomic E-state index is -0.667. The second kappa shape index (κ2) is 4.64. The molecule has 1 aliphatic carbocycles. The van der Waals surface area contributed by atoms with Gasteiger partial charge < -0.3 is 10.6 Å². The van der Waals surface area contributed by atoms with Crippen LogP contribution in [0.5, 0.6) is 0 Å². The number of benzene rings is 1. The molecule has 1 atom stereocenters. The van der Waals surface area contributed by atoms with Crippen LogP contribution in [0, 0.1) is 5.92 Å². The Bertz CT molecular complexity index is 491. The Morgan fingerprint density at radius 2 is 2.00 bits per heavy atom. The quantitative estimate of drug-likeness (QED) is 0.883. The van der Waals surface area contributed by atoms with E-state index in [0.29, 0.717) is 12.5 Å². The lowest BCUT2D eigenvalue weighted by Crippen LogP contribution is -2.54. The molecule has 1 aliphatic heterocycles. The molecule has 1 amide bonds. The van der Waals surface area contributed by atoms with Gasteiger partial charge in [-0.25, -0.2) is 0 Å². The summed E-state index contributed by atoms with van der Waals surface area (Å²) < 4.78 is 0. The molecule has 1 aromatic rings. The van der Waals surface area contributed by atoms with Gasteiger partial charge in [-0.15, -0.1) is 0 Å². The van der Waals surface area contributed by atoms with E-state index in [1.54, 1.807) is 0 Å². The maximum absolute atomic E-state index is 12.7. The van der Waals surface area contributed by atoms with E-state index in [1.807, 2.05) is 11.8 Å². The molecule has 2 aliphatic rings. The van der Waals surface area contributed by atoms with Crippen molar-refractivity contribution in [2.24, 2.45) is 11.7 Å². The Morgan fingerprint density at radius 3 is 2.68 bits per heavy atom. The second-order valence-corrected chi connectivity index (χ2v) is 6.16. The van der Waals surface area contributed by atoms with Crippen LogP contribution in [0.2, 0.25) is 0 Å². The first-order valence-electron chi connectivity index (χ1n) is 7.24. The van der Waals surface area contributed by atoms with E-state index in [1.165, 1.54) is 11.1 Å². The molecule has 2 N–H and O–H groups in total. The zero-order valence-electron chi connectivity index (χ0n) is 11.6. The first kappa shape index (κ1) is 12.7. The molecule has 19 heavy (non-hydrogen) atoms. The number of hydrogen-bond donors (Lipinski definition) is 1. The molecule has 0 aromatic heterocycles. The Kier molecular flexibility index (Phi) is 3.09. The third kappa shape index (κ3) is 2.39. The van der Waals surface area contributed by atoms with Crippen molar-refractivity contribution in [2.75, 3.05) is 6.54 Å². The van der Waals surface area contributed by atoms with Crippen LogP contribution in [-0.2, 0) is 17.8 Å². The highest BCUT2D eigenvalue weighted by Crippen LogP contribution is 2.39. The summed E-state index contributed by atoms with van der Waals surface area (Å²) in [6.45, 7) is 3.45. The number of amides is 1. The van der Waals surface area contributed by atoms with Gasteiger partial charge in [0.15, 0.2) is 0 Å². The molecule has 0 bridgehead atoms. The van der Waals surface area contributed by atoms with E-state index in [2.05, 4.69) is 24.3 Å². The molecular formula is C16H22N2O. The Morgan fingerprint density at radius 1 is 1.32 bits per heavy atom. The van der Waals surface area contributed by atoms with Gasteiger partial charge in [0.25, 0.3) is 0 Å². The van der Waals surface area contributed by atoms with Gasteiger partial charge in [0.2, 0.25) is 5.91 Å². The number of nitrogens with zero attached hydrogens (tertiary/aromatic N) is 1. The summed E-state index contributed by atoms with van der Waals surface area (Å²) in [5.41, 5.74) is 8.26. The molecular weight excluding hydrogens is 236 g/mol. The average Bonchev–Trinajstić information content (AvgIpc) is 3.23. The summed E-state index contributed by atoms with van der Waals surface area (Å²) in [6.07, 6.45) is 4.29. The Balaban J connectivity index is 1.80. The molecule has 3 rings (SSSR count). The van der Waals surface area contributed by atoms with E-state index < -0.39 is 5.54 Å². The summed E-state index contributed by atoms with van der Waals surface area (Å²) in [5.74, 6) is 0.519. The van der Waals surface area contributed by atoms with Crippen LogP contribution in [-0.4, -0.2) is 22.9 Å². The maximum atomic E-state index is 12.7. The molecule has 3 heteroatoms. The number of hydrogen-bond acceptors (Lipinski definition) is 2. The topological polar surface area (TPSA) is 46.3 Å². The second-order valence-electron chi connectivity index (χ2n) is 6.16. The van der Waals surface area contributed by atoms with Gasteiger partial charge in [-0.2, -0.15) is 0 Å². The Hall–Kier alpha value is -1.35. The predicted molar refractivity (Wildman–Crippen MR) is 75.5 cm³/mol. The van der Waals surface area contributed by atoms with Crippen molar-refractivity contribution >= 4 is 5.91 Å². The maximum Gasteiger partial charge on any atom is 0.242 e. The van der Waals surface area contributed by atoms with Crippen LogP contribution in [0.1, 0.15) is 37.3 Å². The van der Waals surface area contributed by atoms with Crippen LogP contribution in [0.3, 0.4) is 0 Å². The highest BCUT2D eigenvalue weighted by atomic mass is 16.2.